The number of esters is 1. The van der Waals surface area contributed by atoms with Crippen LogP contribution in [0.5, 0.6) is 5.75 Å². The van der Waals surface area contributed by atoms with Crippen LogP contribution in [0.1, 0.15) is 18.5 Å². The standard InChI is InChI=1S/C15H18F3NO5/c1-3-23-13(20)9-24-11-6-4-10(5-7-11)12(8-22-2)19-14(21)15(16,17)18/h4-7,12H,3,8-9H2,1-2H3,(H,19,21). The fourth-order valence-corrected chi connectivity index (χ4v) is 1.77. The zero-order valence-corrected chi connectivity index (χ0v) is 13.2. The van der Waals surface area contributed by atoms with E-state index in [0.29, 0.717) is 11.3 Å². The highest BCUT2D eigenvalue weighted by Gasteiger charge is 2.39. The summed E-state index contributed by atoms with van der Waals surface area (Å²) in [5, 5.41) is 1.86. The van der Waals surface area contributed by atoms with Crippen LogP contribution < -0.4 is 10.1 Å². The molecule has 1 atom stereocenters. The van der Waals surface area contributed by atoms with Gasteiger partial charge in [-0.1, -0.05) is 12.1 Å². The van der Waals surface area contributed by atoms with Gasteiger partial charge in [0.2, 0.25) is 0 Å². The first-order valence-electron chi connectivity index (χ1n) is 7.03. The van der Waals surface area contributed by atoms with Crippen molar-refractivity contribution in [3.05, 3.63) is 29.8 Å². The molecule has 0 aromatic heterocycles. The van der Waals surface area contributed by atoms with Gasteiger partial charge in [-0.05, 0) is 24.6 Å². The number of hydrogen-bond acceptors (Lipinski definition) is 5. The van der Waals surface area contributed by atoms with E-state index < -0.39 is 24.1 Å². The molecule has 1 N–H and O–H groups in total. The summed E-state index contributed by atoms with van der Waals surface area (Å²) in [5.74, 6) is -2.24. The Kier molecular flexibility index (Phi) is 7.50. The quantitative estimate of drug-likeness (QED) is 0.727. The summed E-state index contributed by atoms with van der Waals surface area (Å²) in [5.41, 5.74) is 0.401. The second-order valence-electron chi connectivity index (χ2n) is 4.64. The molecule has 6 nitrogen and oxygen atoms in total. The Morgan fingerprint density at radius 2 is 1.83 bits per heavy atom. The van der Waals surface area contributed by atoms with Crippen molar-refractivity contribution < 1.29 is 37.0 Å². The topological polar surface area (TPSA) is 73.9 Å². The Morgan fingerprint density at radius 3 is 2.33 bits per heavy atom. The Bertz CT molecular complexity index is 545. The Morgan fingerprint density at radius 1 is 1.21 bits per heavy atom. The molecular weight excluding hydrogens is 331 g/mol. The number of carbonyl (C=O) groups excluding carboxylic acids is 2. The first-order valence-corrected chi connectivity index (χ1v) is 7.03. The smallest absolute Gasteiger partial charge is 0.471 e. The third kappa shape index (κ3) is 6.45. The van der Waals surface area contributed by atoms with Crippen molar-refractivity contribution >= 4 is 11.9 Å². The maximum absolute atomic E-state index is 12.4. The van der Waals surface area contributed by atoms with E-state index in [0.717, 1.165) is 0 Å². The lowest BCUT2D eigenvalue weighted by molar-refractivity contribution is -0.174. The van der Waals surface area contributed by atoms with Crippen molar-refractivity contribution in [3.8, 4) is 5.75 Å². The van der Waals surface area contributed by atoms with E-state index in [1.807, 2.05) is 5.32 Å². The van der Waals surface area contributed by atoms with Crippen molar-refractivity contribution in [2.75, 3.05) is 26.9 Å². The molecule has 1 unspecified atom stereocenters. The molecule has 0 aliphatic rings. The second kappa shape index (κ2) is 9.11. The first kappa shape index (κ1) is 19.8. The maximum atomic E-state index is 12.4. The highest BCUT2D eigenvalue weighted by molar-refractivity contribution is 5.82. The number of rotatable bonds is 8. The van der Waals surface area contributed by atoms with E-state index in [9.17, 15) is 22.8 Å². The highest BCUT2D eigenvalue weighted by Crippen LogP contribution is 2.21. The number of amides is 1. The van der Waals surface area contributed by atoms with Crippen LogP contribution in [-0.4, -0.2) is 45.0 Å². The summed E-state index contributed by atoms with van der Waals surface area (Å²) in [6.07, 6.45) is -4.98. The number of halogens is 3. The van der Waals surface area contributed by atoms with E-state index in [2.05, 4.69) is 0 Å². The van der Waals surface area contributed by atoms with E-state index in [1.54, 1.807) is 6.92 Å². The lowest BCUT2D eigenvalue weighted by atomic mass is 10.1. The molecule has 0 aliphatic heterocycles. The molecule has 1 aromatic carbocycles. The van der Waals surface area contributed by atoms with Crippen molar-refractivity contribution in [2.45, 2.75) is 19.1 Å². The van der Waals surface area contributed by atoms with Gasteiger partial charge in [-0.15, -0.1) is 0 Å². The Labute approximate surface area is 136 Å². The fourth-order valence-electron chi connectivity index (χ4n) is 1.77. The van der Waals surface area contributed by atoms with Crippen molar-refractivity contribution in [2.24, 2.45) is 0 Å². The van der Waals surface area contributed by atoms with E-state index in [1.165, 1.54) is 31.4 Å². The summed E-state index contributed by atoms with van der Waals surface area (Å²) < 4.78 is 51.8. The number of hydrogen-bond donors (Lipinski definition) is 1. The SMILES string of the molecule is CCOC(=O)COc1ccc(C(COC)NC(=O)C(F)(F)F)cc1. The average Bonchev–Trinajstić information content (AvgIpc) is 2.52. The Hall–Kier alpha value is -2.29. The number of carbonyl (C=O) groups is 2. The van der Waals surface area contributed by atoms with Gasteiger partial charge in [0.1, 0.15) is 5.75 Å². The summed E-state index contributed by atoms with van der Waals surface area (Å²) in [6, 6.07) is 4.92. The van der Waals surface area contributed by atoms with Crippen LogP contribution in [-0.2, 0) is 19.1 Å². The van der Waals surface area contributed by atoms with Gasteiger partial charge in [-0.2, -0.15) is 13.2 Å². The second-order valence-corrected chi connectivity index (χ2v) is 4.64. The average molecular weight is 349 g/mol. The van der Waals surface area contributed by atoms with Gasteiger partial charge in [0.15, 0.2) is 6.61 Å². The zero-order valence-electron chi connectivity index (χ0n) is 13.2. The van der Waals surface area contributed by atoms with Gasteiger partial charge in [-0.3, -0.25) is 4.79 Å². The first-order chi connectivity index (χ1) is 11.3. The van der Waals surface area contributed by atoms with Crippen LogP contribution in [0.4, 0.5) is 13.2 Å². The molecule has 0 aliphatic carbocycles. The molecule has 0 heterocycles. The molecule has 0 spiro atoms. The van der Waals surface area contributed by atoms with Crippen LogP contribution in [0.3, 0.4) is 0 Å². The number of nitrogens with one attached hydrogen (secondary N) is 1. The zero-order chi connectivity index (χ0) is 18.2. The number of alkyl halides is 3. The molecule has 1 aromatic rings. The normalized spacial score (nSPS) is 12.4. The third-order valence-electron chi connectivity index (χ3n) is 2.84. The van der Waals surface area contributed by atoms with E-state index in [4.69, 9.17) is 14.2 Å². The molecule has 9 heteroatoms. The maximum Gasteiger partial charge on any atom is 0.471 e. The van der Waals surface area contributed by atoms with Gasteiger partial charge in [0, 0.05) is 7.11 Å². The van der Waals surface area contributed by atoms with Crippen LogP contribution in [0.15, 0.2) is 24.3 Å². The monoisotopic (exact) mass is 349 g/mol. The summed E-state index contributed by atoms with van der Waals surface area (Å²) in [4.78, 5) is 22.2. The summed E-state index contributed by atoms with van der Waals surface area (Å²) in [6.45, 7) is 1.49. The minimum atomic E-state index is -4.98. The van der Waals surface area contributed by atoms with Crippen LogP contribution >= 0.6 is 0 Å². The molecule has 0 radical (unpaired) electrons. The van der Waals surface area contributed by atoms with Gasteiger partial charge in [0.25, 0.3) is 0 Å². The summed E-state index contributed by atoms with van der Waals surface area (Å²) >= 11 is 0. The molecule has 1 amide bonds. The van der Waals surface area contributed by atoms with Crippen LogP contribution in [0.25, 0.3) is 0 Å². The molecule has 24 heavy (non-hydrogen) atoms. The number of methoxy groups -OCH3 is 1. The fraction of sp³-hybridized carbons (Fsp3) is 0.467. The van der Waals surface area contributed by atoms with E-state index in [-0.39, 0.29) is 19.8 Å². The molecule has 0 fully saturated rings. The number of benzene rings is 1. The lowest BCUT2D eigenvalue weighted by Crippen LogP contribution is -2.40. The summed E-state index contributed by atoms with van der Waals surface area (Å²) in [7, 11) is 1.31. The van der Waals surface area contributed by atoms with Crippen LogP contribution in [0.2, 0.25) is 0 Å². The highest BCUT2D eigenvalue weighted by atomic mass is 19.4. The molecule has 0 saturated carbocycles. The van der Waals surface area contributed by atoms with Gasteiger partial charge in [0.05, 0.1) is 19.3 Å². The predicted octanol–water partition coefficient (Wildman–Crippen LogP) is 1.99. The van der Waals surface area contributed by atoms with Crippen molar-refractivity contribution in [1.29, 1.82) is 0 Å². The van der Waals surface area contributed by atoms with Gasteiger partial charge >= 0.3 is 18.1 Å². The molecular formula is C15H18F3NO5. The van der Waals surface area contributed by atoms with Crippen molar-refractivity contribution in [3.63, 3.8) is 0 Å². The molecule has 134 valence electrons. The van der Waals surface area contributed by atoms with Crippen LogP contribution in [0, 0.1) is 0 Å². The molecule has 0 saturated heterocycles. The van der Waals surface area contributed by atoms with E-state index >= 15 is 0 Å². The van der Waals surface area contributed by atoms with Crippen molar-refractivity contribution in [1.82, 2.24) is 5.32 Å². The minimum absolute atomic E-state index is 0.134. The molecule has 0 bridgehead atoms. The predicted molar refractivity (Wildman–Crippen MR) is 77.4 cm³/mol. The minimum Gasteiger partial charge on any atom is -0.482 e. The third-order valence-corrected chi connectivity index (χ3v) is 2.84. The van der Waals surface area contributed by atoms with Gasteiger partial charge in [-0.25, -0.2) is 4.79 Å². The Balaban J connectivity index is 2.72. The number of ether oxygens (including phenoxy) is 3. The lowest BCUT2D eigenvalue weighted by Gasteiger charge is -2.19. The molecule has 1 rings (SSSR count). The largest absolute Gasteiger partial charge is 0.482 e. The van der Waals surface area contributed by atoms with Gasteiger partial charge < -0.3 is 19.5 Å².